The minimum Gasteiger partial charge on any atom is -0.481 e. The van der Waals surface area contributed by atoms with Crippen LogP contribution in [0.15, 0.2) is 24.3 Å². The van der Waals surface area contributed by atoms with Crippen molar-refractivity contribution >= 4 is 17.6 Å². The van der Waals surface area contributed by atoms with Crippen molar-refractivity contribution < 1.29 is 19.4 Å². The maximum atomic E-state index is 11.6. The first-order valence-electron chi connectivity index (χ1n) is 5.72. The molecule has 1 rings (SSSR count). The van der Waals surface area contributed by atoms with Gasteiger partial charge in [-0.3, -0.25) is 9.59 Å². The number of rotatable bonds is 7. The van der Waals surface area contributed by atoms with E-state index in [-0.39, 0.29) is 18.7 Å². The molecule has 0 radical (unpaired) electrons. The fraction of sp³-hybridized carbons (Fsp3) is 0.385. The summed E-state index contributed by atoms with van der Waals surface area (Å²) in [5.74, 6) is -0.991. The van der Waals surface area contributed by atoms with E-state index in [9.17, 15) is 9.59 Å². The van der Waals surface area contributed by atoms with E-state index in [4.69, 9.17) is 9.84 Å². The van der Waals surface area contributed by atoms with E-state index in [1.807, 2.05) is 12.1 Å². The predicted molar refractivity (Wildman–Crippen MR) is 67.5 cm³/mol. The minimum atomic E-state index is -0.851. The van der Waals surface area contributed by atoms with Gasteiger partial charge in [0.15, 0.2) is 0 Å². The highest BCUT2D eigenvalue weighted by molar-refractivity contribution is 5.91. The van der Waals surface area contributed by atoms with Crippen molar-refractivity contribution in [3.8, 4) is 0 Å². The number of anilines is 1. The number of aryl methyl sites for hydroxylation is 1. The zero-order valence-corrected chi connectivity index (χ0v) is 10.3. The predicted octanol–water partition coefficient (Wildman–Crippen LogP) is 1.68. The molecule has 0 saturated heterocycles. The number of carboxylic acid groups (broad SMARTS) is 1. The van der Waals surface area contributed by atoms with Gasteiger partial charge in [-0.1, -0.05) is 18.2 Å². The van der Waals surface area contributed by atoms with Crippen LogP contribution in [0.3, 0.4) is 0 Å². The van der Waals surface area contributed by atoms with Gasteiger partial charge in [0.25, 0.3) is 0 Å². The van der Waals surface area contributed by atoms with Gasteiger partial charge in [-0.25, -0.2) is 0 Å². The maximum absolute atomic E-state index is 11.6. The Morgan fingerprint density at radius 3 is 2.67 bits per heavy atom. The van der Waals surface area contributed by atoms with Crippen molar-refractivity contribution in [2.24, 2.45) is 0 Å². The largest absolute Gasteiger partial charge is 0.481 e. The Morgan fingerprint density at radius 1 is 1.28 bits per heavy atom. The molecule has 0 spiro atoms. The summed E-state index contributed by atoms with van der Waals surface area (Å²) in [7, 11) is 1.54. The number of para-hydroxylation sites is 1. The number of carboxylic acids is 1. The van der Waals surface area contributed by atoms with Crippen molar-refractivity contribution in [3.05, 3.63) is 29.8 Å². The monoisotopic (exact) mass is 251 g/mol. The van der Waals surface area contributed by atoms with Crippen LogP contribution in [0.1, 0.15) is 18.4 Å². The van der Waals surface area contributed by atoms with Crippen LogP contribution in [0.2, 0.25) is 0 Å². The molecule has 2 N–H and O–H groups in total. The Labute approximate surface area is 106 Å². The van der Waals surface area contributed by atoms with E-state index in [1.165, 1.54) is 7.11 Å². The summed E-state index contributed by atoms with van der Waals surface area (Å²) in [6, 6.07) is 7.20. The number of benzene rings is 1. The Balaban J connectivity index is 2.63. The Bertz CT molecular complexity index is 417. The number of hydrogen-bond donors (Lipinski definition) is 2. The zero-order chi connectivity index (χ0) is 13.4. The molecule has 0 aliphatic rings. The number of methoxy groups -OCH3 is 1. The molecule has 1 aromatic carbocycles. The molecular weight excluding hydrogens is 234 g/mol. The number of ether oxygens (including phenoxy) is 1. The molecule has 0 fully saturated rings. The van der Waals surface area contributed by atoms with Crippen molar-refractivity contribution in [2.45, 2.75) is 19.3 Å². The molecule has 18 heavy (non-hydrogen) atoms. The fourth-order valence-corrected chi connectivity index (χ4v) is 1.51. The Hall–Kier alpha value is -1.88. The summed E-state index contributed by atoms with van der Waals surface area (Å²) in [5, 5.41) is 11.4. The van der Waals surface area contributed by atoms with Crippen LogP contribution in [0.5, 0.6) is 0 Å². The molecule has 1 aromatic rings. The van der Waals surface area contributed by atoms with Crippen LogP contribution in [-0.2, 0) is 20.7 Å². The summed E-state index contributed by atoms with van der Waals surface area (Å²) in [4.78, 5) is 22.1. The van der Waals surface area contributed by atoms with Gasteiger partial charge in [-0.15, -0.1) is 0 Å². The Kier molecular flexibility index (Phi) is 5.87. The lowest BCUT2D eigenvalue weighted by Gasteiger charge is -2.10. The first-order valence-corrected chi connectivity index (χ1v) is 5.72. The van der Waals surface area contributed by atoms with Crippen LogP contribution in [0.4, 0.5) is 5.69 Å². The first kappa shape index (κ1) is 14.2. The van der Waals surface area contributed by atoms with E-state index >= 15 is 0 Å². The van der Waals surface area contributed by atoms with Gasteiger partial charge < -0.3 is 15.2 Å². The van der Waals surface area contributed by atoms with Crippen molar-refractivity contribution in [2.75, 3.05) is 19.0 Å². The van der Waals surface area contributed by atoms with Crippen LogP contribution in [0, 0.1) is 0 Å². The quantitative estimate of drug-likeness (QED) is 0.773. The molecule has 0 aliphatic carbocycles. The van der Waals surface area contributed by atoms with E-state index in [1.54, 1.807) is 12.1 Å². The topological polar surface area (TPSA) is 75.6 Å². The normalized spacial score (nSPS) is 10.1. The molecule has 0 aliphatic heterocycles. The molecule has 98 valence electrons. The average molecular weight is 251 g/mol. The highest BCUT2D eigenvalue weighted by Crippen LogP contribution is 2.17. The average Bonchev–Trinajstić information content (AvgIpc) is 2.35. The second-order valence-electron chi connectivity index (χ2n) is 3.84. The van der Waals surface area contributed by atoms with E-state index in [2.05, 4.69) is 5.32 Å². The number of carbonyl (C=O) groups is 2. The molecule has 1 amide bonds. The van der Waals surface area contributed by atoms with Crippen molar-refractivity contribution in [1.82, 2.24) is 0 Å². The van der Waals surface area contributed by atoms with Crippen LogP contribution in [0.25, 0.3) is 0 Å². The Morgan fingerprint density at radius 2 is 2.00 bits per heavy atom. The summed E-state index contributed by atoms with van der Waals surface area (Å²) in [6.07, 6.45) is 0.727. The third-order valence-electron chi connectivity index (χ3n) is 2.43. The molecule has 0 bridgehead atoms. The van der Waals surface area contributed by atoms with E-state index in [0.717, 1.165) is 5.56 Å². The number of amides is 1. The van der Waals surface area contributed by atoms with Gasteiger partial charge >= 0.3 is 5.97 Å². The summed E-state index contributed by atoms with van der Waals surface area (Å²) in [6.45, 7) is 0.364. The summed E-state index contributed by atoms with van der Waals surface area (Å²) >= 11 is 0. The second-order valence-corrected chi connectivity index (χ2v) is 3.84. The third kappa shape index (κ3) is 4.97. The molecule has 5 heteroatoms. The summed E-state index contributed by atoms with van der Waals surface area (Å²) < 4.78 is 4.82. The smallest absolute Gasteiger partial charge is 0.303 e. The van der Waals surface area contributed by atoms with E-state index in [0.29, 0.717) is 18.7 Å². The standard InChI is InChI=1S/C13H17NO4/c1-18-9-8-12(15)14-11-5-3-2-4-10(11)6-7-13(16)17/h2-5H,6-9H2,1H3,(H,14,15)(H,16,17). The maximum Gasteiger partial charge on any atom is 0.303 e. The highest BCUT2D eigenvalue weighted by Gasteiger charge is 2.07. The molecule has 5 nitrogen and oxygen atoms in total. The highest BCUT2D eigenvalue weighted by atomic mass is 16.5. The van der Waals surface area contributed by atoms with E-state index < -0.39 is 5.97 Å². The van der Waals surface area contributed by atoms with Crippen molar-refractivity contribution in [1.29, 1.82) is 0 Å². The molecule has 0 heterocycles. The molecule has 0 unspecified atom stereocenters. The van der Waals surface area contributed by atoms with Gasteiger partial charge in [-0.05, 0) is 18.1 Å². The minimum absolute atomic E-state index is 0.0466. The third-order valence-corrected chi connectivity index (χ3v) is 2.43. The second kappa shape index (κ2) is 7.45. The number of carbonyl (C=O) groups excluding carboxylic acids is 1. The molecule has 0 atom stereocenters. The van der Waals surface area contributed by atoms with Gasteiger partial charge in [0.05, 0.1) is 13.0 Å². The van der Waals surface area contributed by atoms with Gasteiger partial charge in [0.2, 0.25) is 5.91 Å². The van der Waals surface area contributed by atoms with Crippen LogP contribution >= 0.6 is 0 Å². The lowest BCUT2D eigenvalue weighted by Crippen LogP contribution is -2.15. The van der Waals surface area contributed by atoms with Gasteiger partial charge in [0.1, 0.15) is 0 Å². The van der Waals surface area contributed by atoms with Crippen molar-refractivity contribution in [3.63, 3.8) is 0 Å². The molecular formula is C13H17NO4. The zero-order valence-electron chi connectivity index (χ0n) is 10.3. The summed E-state index contributed by atoms with van der Waals surface area (Å²) in [5.41, 5.74) is 1.49. The van der Waals surface area contributed by atoms with Crippen LogP contribution < -0.4 is 5.32 Å². The molecule has 0 saturated carbocycles. The lowest BCUT2D eigenvalue weighted by atomic mass is 10.1. The first-order chi connectivity index (χ1) is 8.63. The lowest BCUT2D eigenvalue weighted by molar-refractivity contribution is -0.137. The number of nitrogens with one attached hydrogen (secondary N) is 1. The van der Waals surface area contributed by atoms with Gasteiger partial charge in [0, 0.05) is 19.2 Å². The fourth-order valence-electron chi connectivity index (χ4n) is 1.51. The number of hydrogen-bond acceptors (Lipinski definition) is 3. The SMILES string of the molecule is COCCC(=O)Nc1ccccc1CCC(=O)O. The van der Waals surface area contributed by atoms with Gasteiger partial charge in [-0.2, -0.15) is 0 Å². The number of aliphatic carboxylic acids is 1. The molecule has 0 aromatic heterocycles. The van der Waals surface area contributed by atoms with Crippen LogP contribution in [-0.4, -0.2) is 30.7 Å².